The minimum atomic E-state index is -1.03. The molecule has 0 fully saturated rings. The average molecular weight is 319 g/mol. The van der Waals surface area contributed by atoms with Gasteiger partial charge in [0.05, 0.1) is 18.5 Å². The fourth-order valence-corrected chi connectivity index (χ4v) is 2.65. The quantitative estimate of drug-likeness (QED) is 0.851. The highest BCUT2D eigenvalue weighted by atomic mass is 32.1. The van der Waals surface area contributed by atoms with Crippen LogP contribution in [-0.4, -0.2) is 27.2 Å². The Balaban J connectivity index is 1.94. The molecule has 0 atom stereocenters. The van der Waals surface area contributed by atoms with E-state index >= 15 is 0 Å². The first-order chi connectivity index (χ1) is 10.5. The van der Waals surface area contributed by atoms with Gasteiger partial charge in [0, 0.05) is 5.92 Å². The summed E-state index contributed by atoms with van der Waals surface area (Å²) in [4.78, 5) is 23.1. The predicted molar refractivity (Wildman–Crippen MR) is 83.0 cm³/mol. The molecule has 7 heteroatoms. The number of aromatic carboxylic acids is 1. The molecular weight excluding hydrogens is 302 g/mol. The zero-order chi connectivity index (χ0) is 16.1. The number of carboxylic acids is 1. The van der Waals surface area contributed by atoms with Gasteiger partial charge in [0.2, 0.25) is 5.91 Å². The summed E-state index contributed by atoms with van der Waals surface area (Å²) in [6.45, 7) is 4.37. The largest absolute Gasteiger partial charge is 0.478 e. The van der Waals surface area contributed by atoms with E-state index in [1.54, 1.807) is 18.2 Å². The topological polar surface area (TPSA) is 92.2 Å². The second-order valence-electron chi connectivity index (χ2n) is 5.10. The summed E-state index contributed by atoms with van der Waals surface area (Å²) in [6.07, 6.45) is 0.0261. The van der Waals surface area contributed by atoms with Gasteiger partial charge < -0.3 is 10.4 Å². The third kappa shape index (κ3) is 4.11. The van der Waals surface area contributed by atoms with E-state index in [2.05, 4.69) is 15.5 Å². The number of aromatic nitrogens is 2. The third-order valence-electron chi connectivity index (χ3n) is 3.01. The minimum Gasteiger partial charge on any atom is -0.478 e. The molecule has 2 aromatic rings. The molecule has 1 heterocycles. The Hall–Kier alpha value is -2.28. The smallest absolute Gasteiger partial charge is 0.335 e. The highest BCUT2D eigenvalue weighted by Gasteiger charge is 2.13. The van der Waals surface area contributed by atoms with Crippen molar-refractivity contribution in [2.45, 2.75) is 32.7 Å². The van der Waals surface area contributed by atoms with Crippen LogP contribution in [0.1, 0.15) is 45.7 Å². The number of rotatable bonds is 6. The molecule has 1 aromatic heterocycles. The van der Waals surface area contributed by atoms with Gasteiger partial charge in [-0.3, -0.25) is 4.79 Å². The number of amides is 1. The highest BCUT2D eigenvalue weighted by Crippen LogP contribution is 2.18. The zero-order valence-corrected chi connectivity index (χ0v) is 13.2. The molecule has 2 rings (SSSR count). The van der Waals surface area contributed by atoms with E-state index in [-0.39, 0.29) is 17.9 Å². The van der Waals surface area contributed by atoms with Gasteiger partial charge in [-0.1, -0.05) is 43.4 Å². The summed E-state index contributed by atoms with van der Waals surface area (Å²) in [5.74, 6) is -0.964. The van der Waals surface area contributed by atoms with Gasteiger partial charge >= 0.3 is 5.97 Å². The van der Waals surface area contributed by atoms with Crippen LogP contribution >= 0.6 is 11.3 Å². The molecule has 22 heavy (non-hydrogen) atoms. The second kappa shape index (κ2) is 7.13. The van der Waals surface area contributed by atoms with Crippen LogP contribution in [0.2, 0.25) is 0 Å². The number of benzene rings is 1. The molecule has 0 radical (unpaired) electrons. The molecule has 0 aliphatic rings. The lowest BCUT2D eigenvalue weighted by Gasteiger charge is -2.06. The first kappa shape index (κ1) is 16.1. The molecule has 0 bridgehead atoms. The summed E-state index contributed by atoms with van der Waals surface area (Å²) >= 11 is 1.47. The molecule has 6 nitrogen and oxygen atoms in total. The highest BCUT2D eigenvalue weighted by molar-refractivity contribution is 7.11. The Morgan fingerprint density at radius 3 is 2.64 bits per heavy atom. The van der Waals surface area contributed by atoms with Crippen molar-refractivity contribution in [2.24, 2.45) is 0 Å². The van der Waals surface area contributed by atoms with E-state index in [1.807, 2.05) is 13.8 Å². The molecule has 0 spiro atoms. The van der Waals surface area contributed by atoms with E-state index in [9.17, 15) is 9.59 Å². The lowest BCUT2D eigenvalue weighted by Crippen LogP contribution is -2.25. The Labute approximate surface area is 132 Å². The lowest BCUT2D eigenvalue weighted by atomic mass is 10.0. The van der Waals surface area contributed by atoms with E-state index in [0.29, 0.717) is 18.0 Å². The standard InChI is InChI=1S/C15H17N3O3S/c1-9(2)14-18-17-13(22-14)8-16-12(19)7-10-5-3-4-6-11(10)15(20)21/h3-6,9H,7-8H2,1-2H3,(H,16,19)(H,20,21). The maximum Gasteiger partial charge on any atom is 0.335 e. The van der Waals surface area contributed by atoms with E-state index in [4.69, 9.17) is 5.11 Å². The average Bonchev–Trinajstić information content (AvgIpc) is 2.94. The molecule has 2 N–H and O–H groups in total. The maximum atomic E-state index is 12.0. The van der Waals surface area contributed by atoms with Crippen LogP contribution in [0.4, 0.5) is 0 Å². The number of hydrogen-bond donors (Lipinski definition) is 2. The Bertz CT molecular complexity index is 682. The van der Waals surface area contributed by atoms with E-state index in [0.717, 1.165) is 10.0 Å². The molecule has 0 aliphatic carbocycles. The van der Waals surface area contributed by atoms with Gasteiger partial charge in [0.15, 0.2) is 0 Å². The van der Waals surface area contributed by atoms with Crippen LogP contribution in [0.3, 0.4) is 0 Å². The number of hydrogen-bond acceptors (Lipinski definition) is 5. The SMILES string of the molecule is CC(C)c1nnc(CNC(=O)Cc2ccccc2C(=O)O)s1. The van der Waals surface area contributed by atoms with Crippen LogP contribution in [0.25, 0.3) is 0 Å². The van der Waals surface area contributed by atoms with Crippen LogP contribution < -0.4 is 5.32 Å². The van der Waals surface area contributed by atoms with Crippen molar-refractivity contribution in [1.29, 1.82) is 0 Å². The lowest BCUT2D eigenvalue weighted by molar-refractivity contribution is -0.120. The summed E-state index contributed by atoms with van der Waals surface area (Å²) in [7, 11) is 0. The maximum absolute atomic E-state index is 12.0. The van der Waals surface area contributed by atoms with Gasteiger partial charge in [-0.15, -0.1) is 10.2 Å². The Morgan fingerprint density at radius 2 is 2.00 bits per heavy atom. The number of nitrogens with one attached hydrogen (secondary N) is 1. The fourth-order valence-electron chi connectivity index (χ4n) is 1.86. The second-order valence-corrected chi connectivity index (χ2v) is 6.20. The molecule has 116 valence electrons. The molecule has 1 aromatic carbocycles. The van der Waals surface area contributed by atoms with Crippen molar-refractivity contribution >= 4 is 23.2 Å². The summed E-state index contributed by atoms with van der Waals surface area (Å²) in [5, 5.41) is 21.6. The van der Waals surface area contributed by atoms with E-state index < -0.39 is 5.97 Å². The first-order valence-electron chi connectivity index (χ1n) is 6.87. The first-order valence-corrected chi connectivity index (χ1v) is 7.69. The number of carbonyl (C=O) groups is 2. The van der Waals surface area contributed by atoms with Gasteiger partial charge in [0.1, 0.15) is 10.0 Å². The van der Waals surface area contributed by atoms with Gasteiger partial charge in [-0.2, -0.15) is 0 Å². The Kier molecular flexibility index (Phi) is 5.21. The normalized spacial score (nSPS) is 10.7. The number of carboxylic acid groups (broad SMARTS) is 1. The molecule has 0 saturated carbocycles. The predicted octanol–water partition coefficient (Wildman–Crippen LogP) is 2.22. The van der Waals surface area contributed by atoms with Gasteiger partial charge in [0.25, 0.3) is 0 Å². The van der Waals surface area contributed by atoms with Crippen LogP contribution in [0, 0.1) is 0 Å². The molecule has 0 saturated heterocycles. The van der Waals surface area contributed by atoms with Crippen LogP contribution in [0.15, 0.2) is 24.3 Å². The van der Waals surface area contributed by atoms with Crippen molar-refractivity contribution in [3.05, 3.63) is 45.4 Å². The van der Waals surface area contributed by atoms with Crippen molar-refractivity contribution < 1.29 is 14.7 Å². The van der Waals surface area contributed by atoms with E-state index in [1.165, 1.54) is 17.4 Å². The van der Waals surface area contributed by atoms with Gasteiger partial charge in [-0.05, 0) is 11.6 Å². The van der Waals surface area contributed by atoms with Crippen molar-refractivity contribution in [1.82, 2.24) is 15.5 Å². The van der Waals surface area contributed by atoms with Crippen molar-refractivity contribution in [2.75, 3.05) is 0 Å². The van der Waals surface area contributed by atoms with Gasteiger partial charge in [-0.25, -0.2) is 4.79 Å². The molecule has 0 unspecified atom stereocenters. The summed E-state index contributed by atoms with van der Waals surface area (Å²) in [5.41, 5.74) is 0.642. The molecule has 0 aliphatic heterocycles. The van der Waals surface area contributed by atoms with Crippen molar-refractivity contribution in [3.63, 3.8) is 0 Å². The summed E-state index contributed by atoms with van der Waals surface area (Å²) < 4.78 is 0. The fraction of sp³-hybridized carbons (Fsp3) is 0.333. The molecular formula is C15H17N3O3S. The minimum absolute atomic E-state index is 0.0261. The van der Waals surface area contributed by atoms with Crippen LogP contribution in [-0.2, 0) is 17.8 Å². The third-order valence-corrected chi connectivity index (χ3v) is 4.24. The number of nitrogens with zero attached hydrogens (tertiary/aromatic N) is 2. The van der Waals surface area contributed by atoms with Crippen LogP contribution in [0.5, 0.6) is 0 Å². The monoisotopic (exact) mass is 319 g/mol. The zero-order valence-electron chi connectivity index (χ0n) is 12.4. The number of carbonyl (C=O) groups excluding carboxylic acids is 1. The van der Waals surface area contributed by atoms with Crippen molar-refractivity contribution in [3.8, 4) is 0 Å². The molecule has 1 amide bonds. The Morgan fingerprint density at radius 1 is 1.27 bits per heavy atom. The summed E-state index contributed by atoms with van der Waals surface area (Å²) in [6, 6.07) is 6.49.